The fourth-order valence-corrected chi connectivity index (χ4v) is 1.24. The summed E-state index contributed by atoms with van der Waals surface area (Å²) in [4.78, 5) is 11.1. The van der Waals surface area contributed by atoms with E-state index in [1.165, 1.54) is 5.57 Å². The molecule has 0 fully saturated rings. The highest BCUT2D eigenvalue weighted by Gasteiger charge is 1.98. The van der Waals surface area contributed by atoms with Crippen molar-refractivity contribution in [3.05, 3.63) is 11.6 Å². The summed E-state index contributed by atoms with van der Waals surface area (Å²) in [6.45, 7) is 6.22. The first kappa shape index (κ1) is 11.4. The van der Waals surface area contributed by atoms with Gasteiger partial charge in [0.1, 0.15) is 0 Å². The lowest BCUT2D eigenvalue weighted by Crippen LogP contribution is -1.92. The van der Waals surface area contributed by atoms with Crippen LogP contribution in [0.4, 0.5) is 0 Å². The van der Waals surface area contributed by atoms with Gasteiger partial charge in [-0.25, -0.2) is 0 Å². The summed E-state index contributed by atoms with van der Waals surface area (Å²) >= 11 is 0. The Morgan fingerprint density at radius 3 is 1.92 bits per heavy atom. The highest BCUT2D eigenvalue weighted by molar-refractivity contribution is 5.89. The normalized spacial score (nSPS) is 9.58. The first-order chi connectivity index (χ1) is 5.74. The standard InChI is InChI=1S/C11H20O/c1-4-7-10(8-5-2)9-11(12)6-3/h9H,4-8H2,1-3H3. The maximum absolute atomic E-state index is 11.1. The van der Waals surface area contributed by atoms with Crippen molar-refractivity contribution in [2.24, 2.45) is 0 Å². The number of ketones is 1. The monoisotopic (exact) mass is 168 g/mol. The van der Waals surface area contributed by atoms with Gasteiger partial charge in [0.15, 0.2) is 5.78 Å². The quantitative estimate of drug-likeness (QED) is 0.555. The number of carbonyl (C=O) groups excluding carboxylic acids is 1. The molecule has 0 aliphatic rings. The Morgan fingerprint density at radius 2 is 1.58 bits per heavy atom. The van der Waals surface area contributed by atoms with Crippen LogP contribution in [0.5, 0.6) is 0 Å². The predicted molar refractivity (Wildman–Crippen MR) is 53.2 cm³/mol. The second-order valence-electron chi connectivity index (χ2n) is 3.12. The van der Waals surface area contributed by atoms with Crippen LogP contribution < -0.4 is 0 Å². The van der Waals surface area contributed by atoms with E-state index in [1.807, 2.05) is 13.0 Å². The molecule has 1 heteroatoms. The maximum atomic E-state index is 11.1. The fraction of sp³-hybridized carbons (Fsp3) is 0.727. The largest absolute Gasteiger partial charge is 0.295 e. The van der Waals surface area contributed by atoms with Crippen molar-refractivity contribution in [1.29, 1.82) is 0 Å². The van der Waals surface area contributed by atoms with Gasteiger partial charge in [-0.05, 0) is 18.9 Å². The van der Waals surface area contributed by atoms with Gasteiger partial charge in [0.05, 0.1) is 0 Å². The first-order valence-electron chi connectivity index (χ1n) is 4.96. The summed E-state index contributed by atoms with van der Waals surface area (Å²) in [6, 6.07) is 0. The van der Waals surface area contributed by atoms with E-state index in [0.717, 1.165) is 25.7 Å². The van der Waals surface area contributed by atoms with E-state index in [4.69, 9.17) is 0 Å². The van der Waals surface area contributed by atoms with E-state index >= 15 is 0 Å². The van der Waals surface area contributed by atoms with Gasteiger partial charge in [-0.3, -0.25) is 4.79 Å². The number of hydrogen-bond donors (Lipinski definition) is 0. The Balaban J connectivity index is 4.06. The number of rotatable bonds is 6. The van der Waals surface area contributed by atoms with Gasteiger partial charge in [0, 0.05) is 6.42 Å². The van der Waals surface area contributed by atoms with Crippen LogP contribution in [0.15, 0.2) is 11.6 Å². The topological polar surface area (TPSA) is 17.1 Å². The van der Waals surface area contributed by atoms with Gasteiger partial charge < -0.3 is 0 Å². The van der Waals surface area contributed by atoms with E-state index in [0.29, 0.717) is 6.42 Å². The molecule has 0 N–H and O–H groups in total. The first-order valence-corrected chi connectivity index (χ1v) is 4.96. The highest BCUT2D eigenvalue weighted by atomic mass is 16.1. The second kappa shape index (κ2) is 7.08. The molecular formula is C11H20O. The zero-order valence-electron chi connectivity index (χ0n) is 8.52. The summed E-state index contributed by atoms with van der Waals surface area (Å²) in [5.74, 6) is 0.270. The Bertz CT molecular complexity index is 148. The molecule has 0 saturated heterocycles. The maximum Gasteiger partial charge on any atom is 0.155 e. The zero-order chi connectivity index (χ0) is 9.40. The number of hydrogen-bond acceptors (Lipinski definition) is 1. The number of allylic oxidation sites excluding steroid dienone is 2. The Hall–Kier alpha value is -0.590. The van der Waals surface area contributed by atoms with Crippen molar-refractivity contribution in [2.45, 2.75) is 52.9 Å². The molecule has 0 aliphatic carbocycles. The predicted octanol–water partition coefficient (Wildman–Crippen LogP) is 3.49. The molecule has 0 radical (unpaired) electrons. The lowest BCUT2D eigenvalue weighted by atomic mass is 10.0. The summed E-state index contributed by atoms with van der Waals surface area (Å²) in [5.41, 5.74) is 1.33. The summed E-state index contributed by atoms with van der Waals surface area (Å²) in [5, 5.41) is 0. The summed E-state index contributed by atoms with van der Waals surface area (Å²) < 4.78 is 0. The molecule has 0 saturated carbocycles. The second-order valence-corrected chi connectivity index (χ2v) is 3.12. The molecule has 0 unspecified atom stereocenters. The van der Waals surface area contributed by atoms with Crippen LogP contribution in [0.1, 0.15) is 52.9 Å². The van der Waals surface area contributed by atoms with E-state index in [2.05, 4.69) is 13.8 Å². The van der Waals surface area contributed by atoms with Gasteiger partial charge in [-0.15, -0.1) is 0 Å². The third kappa shape index (κ3) is 5.11. The van der Waals surface area contributed by atoms with Crippen molar-refractivity contribution in [3.63, 3.8) is 0 Å². The van der Waals surface area contributed by atoms with Crippen LogP contribution in [0, 0.1) is 0 Å². The van der Waals surface area contributed by atoms with E-state index in [1.54, 1.807) is 0 Å². The summed E-state index contributed by atoms with van der Waals surface area (Å²) in [7, 11) is 0. The molecule has 0 spiro atoms. The Labute approximate surface area is 75.9 Å². The van der Waals surface area contributed by atoms with Gasteiger partial charge in [0.25, 0.3) is 0 Å². The van der Waals surface area contributed by atoms with E-state index in [9.17, 15) is 4.79 Å². The van der Waals surface area contributed by atoms with Crippen molar-refractivity contribution < 1.29 is 4.79 Å². The van der Waals surface area contributed by atoms with Crippen LogP contribution in [0.3, 0.4) is 0 Å². The molecule has 70 valence electrons. The van der Waals surface area contributed by atoms with Crippen LogP contribution >= 0.6 is 0 Å². The van der Waals surface area contributed by atoms with Crippen molar-refractivity contribution >= 4 is 5.78 Å². The smallest absolute Gasteiger partial charge is 0.155 e. The molecule has 0 heterocycles. The Morgan fingerprint density at radius 1 is 1.08 bits per heavy atom. The van der Waals surface area contributed by atoms with E-state index in [-0.39, 0.29) is 5.78 Å². The van der Waals surface area contributed by atoms with Crippen molar-refractivity contribution in [2.75, 3.05) is 0 Å². The zero-order valence-corrected chi connectivity index (χ0v) is 8.52. The minimum atomic E-state index is 0.270. The van der Waals surface area contributed by atoms with Crippen LogP contribution in [-0.4, -0.2) is 5.78 Å². The van der Waals surface area contributed by atoms with Crippen molar-refractivity contribution in [3.8, 4) is 0 Å². The number of carbonyl (C=O) groups is 1. The lowest BCUT2D eigenvalue weighted by molar-refractivity contribution is -0.114. The molecule has 0 bridgehead atoms. The molecule has 0 aliphatic heterocycles. The third-order valence-corrected chi connectivity index (χ3v) is 1.86. The fourth-order valence-electron chi connectivity index (χ4n) is 1.24. The average molecular weight is 168 g/mol. The summed E-state index contributed by atoms with van der Waals surface area (Å²) in [6.07, 6.45) is 6.93. The molecule has 0 aromatic rings. The molecular weight excluding hydrogens is 148 g/mol. The molecule has 12 heavy (non-hydrogen) atoms. The third-order valence-electron chi connectivity index (χ3n) is 1.86. The SMILES string of the molecule is CCCC(=CC(=O)CC)CCC. The molecule has 0 aromatic heterocycles. The van der Waals surface area contributed by atoms with Crippen molar-refractivity contribution in [1.82, 2.24) is 0 Å². The van der Waals surface area contributed by atoms with E-state index < -0.39 is 0 Å². The van der Waals surface area contributed by atoms with Gasteiger partial charge >= 0.3 is 0 Å². The Kier molecular flexibility index (Phi) is 6.73. The van der Waals surface area contributed by atoms with Gasteiger partial charge in [0.2, 0.25) is 0 Å². The van der Waals surface area contributed by atoms with Gasteiger partial charge in [-0.1, -0.05) is 39.2 Å². The minimum absolute atomic E-state index is 0.270. The lowest BCUT2D eigenvalue weighted by Gasteiger charge is -2.02. The van der Waals surface area contributed by atoms with Crippen LogP contribution in [-0.2, 0) is 4.79 Å². The molecule has 0 atom stereocenters. The highest BCUT2D eigenvalue weighted by Crippen LogP contribution is 2.12. The van der Waals surface area contributed by atoms with Crippen LogP contribution in [0.2, 0.25) is 0 Å². The molecule has 0 amide bonds. The molecule has 0 aromatic carbocycles. The molecule has 1 nitrogen and oxygen atoms in total. The van der Waals surface area contributed by atoms with Crippen LogP contribution in [0.25, 0.3) is 0 Å². The molecule has 0 rings (SSSR count). The average Bonchev–Trinajstić information content (AvgIpc) is 2.05. The minimum Gasteiger partial charge on any atom is -0.295 e. The van der Waals surface area contributed by atoms with Gasteiger partial charge in [-0.2, -0.15) is 0 Å².